The molecule has 0 radical (unpaired) electrons. The third kappa shape index (κ3) is 3.37. The van der Waals surface area contributed by atoms with E-state index in [0.29, 0.717) is 18.2 Å². The topological polar surface area (TPSA) is 58.6 Å². The van der Waals surface area contributed by atoms with E-state index in [1.807, 2.05) is 0 Å². The van der Waals surface area contributed by atoms with Crippen LogP contribution in [0.3, 0.4) is 0 Å². The maximum atomic E-state index is 12.1. The zero-order valence-corrected chi connectivity index (χ0v) is 12.3. The molecule has 2 rings (SSSR count). The van der Waals surface area contributed by atoms with Gasteiger partial charge in [-0.05, 0) is 30.9 Å². The molecule has 1 fully saturated rings. The zero-order chi connectivity index (χ0) is 14.5. The van der Waals surface area contributed by atoms with E-state index in [-0.39, 0.29) is 22.6 Å². The first-order valence-electron chi connectivity index (χ1n) is 6.91. The number of phenolic OH excluding ortho intramolecular Hbond substituents is 1. The molecule has 0 saturated heterocycles. The van der Waals surface area contributed by atoms with Gasteiger partial charge in [-0.1, -0.05) is 18.9 Å². The van der Waals surface area contributed by atoms with Crippen LogP contribution in [0.4, 0.5) is 0 Å². The van der Waals surface area contributed by atoms with E-state index in [2.05, 4.69) is 5.32 Å². The number of amides is 1. The Balaban J connectivity index is 1.98. The van der Waals surface area contributed by atoms with E-state index in [0.717, 1.165) is 25.7 Å². The molecule has 5 heteroatoms. The van der Waals surface area contributed by atoms with Gasteiger partial charge in [0.25, 0.3) is 5.91 Å². The van der Waals surface area contributed by atoms with Gasteiger partial charge in [-0.15, -0.1) is 11.6 Å². The van der Waals surface area contributed by atoms with Crippen LogP contribution in [-0.2, 0) is 0 Å². The molecule has 20 heavy (non-hydrogen) atoms. The molecule has 1 aromatic rings. The first-order chi connectivity index (χ1) is 9.63. The van der Waals surface area contributed by atoms with Gasteiger partial charge in [0.2, 0.25) is 0 Å². The van der Waals surface area contributed by atoms with Crippen molar-refractivity contribution in [1.82, 2.24) is 5.32 Å². The quantitative estimate of drug-likeness (QED) is 0.840. The van der Waals surface area contributed by atoms with E-state index < -0.39 is 0 Å². The summed E-state index contributed by atoms with van der Waals surface area (Å²) in [7, 11) is 1.46. The highest BCUT2D eigenvalue weighted by Gasteiger charge is 2.24. The molecule has 0 bridgehead atoms. The van der Waals surface area contributed by atoms with Crippen LogP contribution in [0.1, 0.15) is 36.0 Å². The highest BCUT2D eigenvalue weighted by molar-refractivity contribution is 6.20. The van der Waals surface area contributed by atoms with Crippen LogP contribution >= 0.6 is 11.6 Å². The summed E-state index contributed by atoms with van der Waals surface area (Å²) in [4.78, 5) is 12.1. The van der Waals surface area contributed by atoms with E-state index in [9.17, 15) is 9.90 Å². The molecule has 0 aromatic heterocycles. The summed E-state index contributed by atoms with van der Waals surface area (Å²) in [6.45, 7) is 0.545. The summed E-state index contributed by atoms with van der Waals surface area (Å²) in [6.07, 6.45) is 4.37. The fraction of sp³-hybridized carbons (Fsp3) is 0.533. The lowest BCUT2D eigenvalue weighted by Gasteiger charge is -2.27. The third-order valence-corrected chi connectivity index (χ3v) is 4.38. The van der Waals surface area contributed by atoms with Gasteiger partial charge in [0.1, 0.15) is 0 Å². The molecule has 2 atom stereocenters. The molecule has 1 aliphatic carbocycles. The molecule has 0 heterocycles. The van der Waals surface area contributed by atoms with Crippen LogP contribution in [0.15, 0.2) is 18.2 Å². The molecule has 1 amide bonds. The molecular weight excluding hydrogens is 278 g/mol. The number of para-hydroxylation sites is 1. The minimum absolute atomic E-state index is 0.126. The number of aromatic hydroxyl groups is 1. The molecule has 0 aliphatic heterocycles. The summed E-state index contributed by atoms with van der Waals surface area (Å²) in [5.74, 6) is 0.182. The molecule has 2 unspecified atom stereocenters. The van der Waals surface area contributed by atoms with Gasteiger partial charge in [-0.2, -0.15) is 0 Å². The van der Waals surface area contributed by atoms with Gasteiger partial charge in [-0.3, -0.25) is 4.79 Å². The number of ether oxygens (including phenoxy) is 1. The van der Waals surface area contributed by atoms with Crippen molar-refractivity contribution in [3.63, 3.8) is 0 Å². The first kappa shape index (κ1) is 15.0. The second-order valence-corrected chi connectivity index (χ2v) is 5.69. The van der Waals surface area contributed by atoms with E-state index in [1.165, 1.54) is 7.11 Å². The van der Waals surface area contributed by atoms with Crippen molar-refractivity contribution >= 4 is 17.5 Å². The van der Waals surface area contributed by atoms with Crippen molar-refractivity contribution < 1.29 is 14.6 Å². The Bertz CT molecular complexity index is 478. The lowest BCUT2D eigenvalue weighted by Crippen LogP contribution is -2.34. The lowest BCUT2D eigenvalue weighted by atomic mass is 9.88. The molecular formula is C15H20ClNO3. The third-order valence-electron chi connectivity index (χ3n) is 3.80. The van der Waals surface area contributed by atoms with Gasteiger partial charge in [-0.25, -0.2) is 0 Å². The first-order valence-corrected chi connectivity index (χ1v) is 7.35. The van der Waals surface area contributed by atoms with E-state index >= 15 is 0 Å². The molecule has 1 aromatic carbocycles. The smallest absolute Gasteiger partial charge is 0.255 e. The number of phenols is 1. The predicted molar refractivity (Wildman–Crippen MR) is 78.6 cm³/mol. The van der Waals surface area contributed by atoms with Gasteiger partial charge >= 0.3 is 0 Å². The SMILES string of the molecule is COc1cccc(C(=O)NCC2CCCCC2Cl)c1O. The number of benzene rings is 1. The Hall–Kier alpha value is -1.42. The number of hydrogen-bond donors (Lipinski definition) is 2. The number of carbonyl (C=O) groups excluding carboxylic acids is 1. The van der Waals surface area contributed by atoms with Gasteiger partial charge in [0.05, 0.1) is 12.7 Å². The van der Waals surface area contributed by atoms with Crippen molar-refractivity contribution in [2.75, 3.05) is 13.7 Å². The number of carbonyl (C=O) groups is 1. The molecule has 2 N–H and O–H groups in total. The summed E-state index contributed by atoms with van der Waals surface area (Å²) in [5.41, 5.74) is 0.228. The molecule has 4 nitrogen and oxygen atoms in total. The fourth-order valence-electron chi connectivity index (χ4n) is 2.58. The van der Waals surface area contributed by atoms with Crippen molar-refractivity contribution in [2.45, 2.75) is 31.1 Å². The van der Waals surface area contributed by atoms with Crippen LogP contribution < -0.4 is 10.1 Å². The standard InChI is InChI=1S/C15H20ClNO3/c1-20-13-8-4-6-11(14(13)18)15(19)17-9-10-5-2-3-7-12(10)16/h4,6,8,10,12,18H,2-3,5,7,9H2,1H3,(H,17,19). The Morgan fingerprint density at radius 2 is 2.20 bits per heavy atom. The zero-order valence-electron chi connectivity index (χ0n) is 11.6. The Morgan fingerprint density at radius 1 is 1.45 bits per heavy atom. The van der Waals surface area contributed by atoms with Gasteiger partial charge < -0.3 is 15.2 Å². The summed E-state index contributed by atoms with van der Waals surface area (Å²) in [6, 6.07) is 4.87. The van der Waals surface area contributed by atoms with E-state index in [1.54, 1.807) is 18.2 Å². The number of hydrogen-bond acceptors (Lipinski definition) is 3. The monoisotopic (exact) mass is 297 g/mol. The summed E-state index contributed by atoms with van der Waals surface area (Å²) < 4.78 is 5.00. The van der Waals surface area contributed by atoms with Gasteiger partial charge in [0, 0.05) is 11.9 Å². The molecule has 110 valence electrons. The van der Waals surface area contributed by atoms with Crippen molar-refractivity contribution in [2.24, 2.45) is 5.92 Å². The number of nitrogens with one attached hydrogen (secondary N) is 1. The molecule has 1 aliphatic rings. The second-order valence-electron chi connectivity index (χ2n) is 5.13. The maximum absolute atomic E-state index is 12.1. The second kappa shape index (κ2) is 6.84. The fourth-order valence-corrected chi connectivity index (χ4v) is 2.95. The minimum atomic E-state index is -0.296. The average molecular weight is 298 g/mol. The van der Waals surface area contributed by atoms with Gasteiger partial charge in [0.15, 0.2) is 11.5 Å². The lowest BCUT2D eigenvalue weighted by molar-refractivity contribution is 0.0941. The highest BCUT2D eigenvalue weighted by Crippen LogP contribution is 2.30. The minimum Gasteiger partial charge on any atom is -0.504 e. The number of rotatable bonds is 4. The molecule has 0 spiro atoms. The van der Waals surface area contributed by atoms with Crippen LogP contribution in [0.5, 0.6) is 11.5 Å². The van der Waals surface area contributed by atoms with Crippen LogP contribution in [0.25, 0.3) is 0 Å². The number of alkyl halides is 1. The average Bonchev–Trinajstić information content (AvgIpc) is 2.46. The van der Waals surface area contributed by atoms with E-state index in [4.69, 9.17) is 16.3 Å². The van der Waals surface area contributed by atoms with Crippen molar-refractivity contribution in [1.29, 1.82) is 0 Å². The number of methoxy groups -OCH3 is 1. The van der Waals surface area contributed by atoms with Crippen LogP contribution in [-0.4, -0.2) is 30.0 Å². The Kier molecular flexibility index (Phi) is 5.12. The number of halogens is 1. The Labute approximate surface area is 124 Å². The molecule has 1 saturated carbocycles. The van der Waals surface area contributed by atoms with Crippen molar-refractivity contribution in [3.8, 4) is 11.5 Å². The maximum Gasteiger partial charge on any atom is 0.255 e. The van der Waals surface area contributed by atoms with Crippen molar-refractivity contribution in [3.05, 3.63) is 23.8 Å². The largest absolute Gasteiger partial charge is 0.504 e. The Morgan fingerprint density at radius 3 is 2.90 bits per heavy atom. The van der Waals surface area contributed by atoms with Crippen LogP contribution in [0.2, 0.25) is 0 Å². The summed E-state index contributed by atoms with van der Waals surface area (Å²) >= 11 is 6.27. The summed E-state index contributed by atoms with van der Waals surface area (Å²) in [5, 5.41) is 12.9. The highest BCUT2D eigenvalue weighted by atomic mass is 35.5. The van der Waals surface area contributed by atoms with Crippen LogP contribution in [0, 0.1) is 5.92 Å². The predicted octanol–water partition coefficient (Wildman–Crippen LogP) is 2.93. The normalized spacial score (nSPS) is 22.3.